The number of hydrogen-bond donors (Lipinski definition) is 2. The first-order chi connectivity index (χ1) is 10.0. The van der Waals surface area contributed by atoms with Crippen LogP contribution in [0.1, 0.15) is 11.1 Å². The zero-order valence-electron chi connectivity index (χ0n) is 10.9. The molecule has 2 aromatic rings. The van der Waals surface area contributed by atoms with Gasteiger partial charge in [0.05, 0.1) is 12.6 Å². The van der Waals surface area contributed by atoms with Crippen LogP contribution in [0.3, 0.4) is 0 Å². The summed E-state index contributed by atoms with van der Waals surface area (Å²) in [6.45, 7) is 0. The van der Waals surface area contributed by atoms with Crippen LogP contribution in [-0.2, 0) is 11.2 Å². The zero-order valence-corrected chi connectivity index (χ0v) is 14.1. The minimum atomic E-state index is -0.219. The Morgan fingerprint density at radius 1 is 1.14 bits per heavy atom. The molecule has 2 aromatic carbocycles. The second-order valence-corrected chi connectivity index (χ2v) is 6.13. The van der Waals surface area contributed by atoms with E-state index >= 15 is 0 Å². The van der Waals surface area contributed by atoms with E-state index in [-0.39, 0.29) is 18.1 Å². The zero-order chi connectivity index (χ0) is 15.2. The van der Waals surface area contributed by atoms with Gasteiger partial charge in [0.2, 0.25) is 5.91 Å². The molecule has 0 bridgehead atoms. The Bertz CT molecular complexity index is 670. The number of rotatable bonds is 4. The second kappa shape index (κ2) is 7.38. The van der Waals surface area contributed by atoms with E-state index in [1.54, 1.807) is 18.2 Å². The molecule has 0 aliphatic heterocycles. The molecule has 0 aliphatic rings. The van der Waals surface area contributed by atoms with Gasteiger partial charge < -0.3 is 5.11 Å². The molecule has 2 rings (SSSR count). The van der Waals surface area contributed by atoms with Crippen molar-refractivity contribution < 1.29 is 9.90 Å². The van der Waals surface area contributed by atoms with Crippen molar-refractivity contribution in [1.82, 2.24) is 5.43 Å². The van der Waals surface area contributed by atoms with E-state index in [4.69, 9.17) is 0 Å². The lowest BCUT2D eigenvalue weighted by atomic mass is 10.1. The Morgan fingerprint density at radius 3 is 2.52 bits per heavy atom. The van der Waals surface area contributed by atoms with Gasteiger partial charge in [0.1, 0.15) is 5.75 Å². The van der Waals surface area contributed by atoms with Gasteiger partial charge in [-0.1, -0.05) is 44.0 Å². The molecule has 0 saturated heterocycles. The van der Waals surface area contributed by atoms with E-state index in [2.05, 4.69) is 42.4 Å². The lowest BCUT2D eigenvalue weighted by molar-refractivity contribution is -0.120. The van der Waals surface area contributed by atoms with Crippen LogP contribution in [0.5, 0.6) is 5.75 Å². The van der Waals surface area contributed by atoms with E-state index in [1.165, 1.54) is 6.21 Å². The smallest absolute Gasteiger partial charge is 0.244 e. The highest BCUT2D eigenvalue weighted by Gasteiger charge is 2.02. The maximum absolute atomic E-state index is 11.7. The topological polar surface area (TPSA) is 61.7 Å². The summed E-state index contributed by atoms with van der Waals surface area (Å²) in [7, 11) is 0. The van der Waals surface area contributed by atoms with Crippen LogP contribution in [-0.4, -0.2) is 17.2 Å². The van der Waals surface area contributed by atoms with Gasteiger partial charge in [0, 0.05) is 14.5 Å². The standard InChI is InChI=1S/C15H12Br2N2O2/c16-12-3-1-10(2-4-12)7-15(21)19-18-9-11-8-13(17)5-6-14(11)20/h1-6,8-9,20H,7H2,(H,19,21)/b18-9-. The van der Waals surface area contributed by atoms with E-state index in [0.717, 1.165) is 14.5 Å². The van der Waals surface area contributed by atoms with Crippen molar-refractivity contribution >= 4 is 44.0 Å². The van der Waals surface area contributed by atoms with Crippen LogP contribution < -0.4 is 5.43 Å². The normalized spacial score (nSPS) is 10.8. The lowest BCUT2D eigenvalue weighted by Gasteiger charge is -2.02. The van der Waals surface area contributed by atoms with Gasteiger partial charge in [-0.25, -0.2) is 5.43 Å². The first-order valence-corrected chi connectivity index (χ1v) is 7.68. The molecule has 108 valence electrons. The quantitative estimate of drug-likeness (QED) is 0.596. The van der Waals surface area contributed by atoms with Crippen molar-refractivity contribution in [2.75, 3.05) is 0 Å². The van der Waals surface area contributed by atoms with E-state index < -0.39 is 0 Å². The van der Waals surface area contributed by atoms with Crippen molar-refractivity contribution in [3.8, 4) is 5.75 Å². The summed E-state index contributed by atoms with van der Waals surface area (Å²) in [5.41, 5.74) is 3.85. The van der Waals surface area contributed by atoms with Gasteiger partial charge in [-0.15, -0.1) is 0 Å². The predicted molar refractivity (Wildman–Crippen MR) is 89.4 cm³/mol. The molecule has 4 nitrogen and oxygen atoms in total. The Morgan fingerprint density at radius 2 is 1.81 bits per heavy atom. The molecule has 2 N–H and O–H groups in total. The van der Waals surface area contributed by atoms with Crippen LogP contribution in [0.15, 0.2) is 56.5 Å². The summed E-state index contributed by atoms with van der Waals surface area (Å²) in [5, 5.41) is 13.5. The molecule has 0 unspecified atom stereocenters. The van der Waals surface area contributed by atoms with Gasteiger partial charge in [0.25, 0.3) is 0 Å². The van der Waals surface area contributed by atoms with Crippen molar-refractivity contribution in [2.45, 2.75) is 6.42 Å². The highest BCUT2D eigenvalue weighted by Crippen LogP contribution is 2.19. The SMILES string of the molecule is O=C(Cc1ccc(Br)cc1)N/N=C\c1cc(Br)ccc1O. The van der Waals surface area contributed by atoms with Crippen LogP contribution in [0, 0.1) is 0 Å². The summed E-state index contributed by atoms with van der Waals surface area (Å²) in [6, 6.07) is 12.5. The van der Waals surface area contributed by atoms with Gasteiger partial charge in [-0.2, -0.15) is 5.10 Å². The van der Waals surface area contributed by atoms with Crippen molar-refractivity contribution in [1.29, 1.82) is 0 Å². The Labute approximate surface area is 139 Å². The number of nitrogens with zero attached hydrogens (tertiary/aromatic N) is 1. The first-order valence-electron chi connectivity index (χ1n) is 6.09. The molecule has 21 heavy (non-hydrogen) atoms. The molecule has 0 aliphatic carbocycles. The van der Waals surface area contributed by atoms with Gasteiger partial charge in [-0.05, 0) is 35.9 Å². The molecule has 0 heterocycles. The fourth-order valence-corrected chi connectivity index (χ4v) is 2.27. The third kappa shape index (κ3) is 4.99. The molecule has 0 spiro atoms. The number of aromatic hydroxyl groups is 1. The summed E-state index contributed by atoms with van der Waals surface area (Å²) in [5.74, 6) is -0.118. The van der Waals surface area contributed by atoms with Crippen LogP contribution in [0.25, 0.3) is 0 Å². The van der Waals surface area contributed by atoms with E-state index in [9.17, 15) is 9.90 Å². The number of carbonyl (C=O) groups is 1. The number of phenolic OH excluding ortho intramolecular Hbond substituents is 1. The number of amides is 1. The fourth-order valence-electron chi connectivity index (χ4n) is 1.63. The predicted octanol–water partition coefficient (Wildman–Crippen LogP) is 3.61. The summed E-state index contributed by atoms with van der Waals surface area (Å²) >= 11 is 6.64. The highest BCUT2D eigenvalue weighted by molar-refractivity contribution is 9.10. The number of carbonyl (C=O) groups excluding carboxylic acids is 1. The number of hydrazone groups is 1. The minimum Gasteiger partial charge on any atom is -0.507 e. The number of benzene rings is 2. The van der Waals surface area contributed by atoms with E-state index in [0.29, 0.717) is 5.56 Å². The number of phenols is 1. The highest BCUT2D eigenvalue weighted by atomic mass is 79.9. The van der Waals surface area contributed by atoms with Gasteiger partial charge in [-0.3, -0.25) is 4.79 Å². The third-order valence-electron chi connectivity index (χ3n) is 2.66. The first kappa shape index (κ1) is 15.7. The largest absolute Gasteiger partial charge is 0.507 e. The number of hydrogen-bond acceptors (Lipinski definition) is 3. The molecule has 0 atom stereocenters. The van der Waals surface area contributed by atoms with E-state index in [1.807, 2.05) is 24.3 Å². The maximum Gasteiger partial charge on any atom is 0.244 e. The Balaban J connectivity index is 1.93. The Hall–Kier alpha value is -1.66. The molecule has 0 aromatic heterocycles. The molecular weight excluding hydrogens is 400 g/mol. The third-order valence-corrected chi connectivity index (χ3v) is 3.68. The fraction of sp³-hybridized carbons (Fsp3) is 0.0667. The maximum atomic E-state index is 11.7. The molecular formula is C15H12Br2N2O2. The summed E-state index contributed by atoms with van der Waals surface area (Å²) < 4.78 is 1.79. The lowest BCUT2D eigenvalue weighted by Crippen LogP contribution is -2.19. The van der Waals surface area contributed by atoms with Crippen LogP contribution in [0.2, 0.25) is 0 Å². The summed E-state index contributed by atoms with van der Waals surface area (Å²) in [6.07, 6.45) is 1.65. The second-order valence-electron chi connectivity index (χ2n) is 4.30. The minimum absolute atomic E-state index is 0.101. The molecule has 1 amide bonds. The molecule has 6 heteroatoms. The average Bonchev–Trinajstić information content (AvgIpc) is 2.45. The van der Waals surface area contributed by atoms with Crippen molar-refractivity contribution in [3.63, 3.8) is 0 Å². The molecule has 0 radical (unpaired) electrons. The van der Waals surface area contributed by atoms with Crippen LogP contribution >= 0.6 is 31.9 Å². The number of nitrogens with one attached hydrogen (secondary N) is 1. The van der Waals surface area contributed by atoms with Crippen molar-refractivity contribution in [2.24, 2.45) is 5.10 Å². The monoisotopic (exact) mass is 410 g/mol. The van der Waals surface area contributed by atoms with Crippen LogP contribution in [0.4, 0.5) is 0 Å². The average molecular weight is 412 g/mol. The molecule has 0 fully saturated rings. The van der Waals surface area contributed by atoms with Gasteiger partial charge >= 0.3 is 0 Å². The summed E-state index contributed by atoms with van der Waals surface area (Å²) in [4.78, 5) is 11.7. The Kier molecular flexibility index (Phi) is 5.52. The van der Waals surface area contributed by atoms with Crippen molar-refractivity contribution in [3.05, 3.63) is 62.5 Å². The molecule has 0 saturated carbocycles. The number of halogens is 2. The van der Waals surface area contributed by atoms with Gasteiger partial charge in [0.15, 0.2) is 0 Å².